The van der Waals surface area contributed by atoms with Gasteiger partial charge in [-0.3, -0.25) is 4.79 Å². The van der Waals surface area contributed by atoms with Gasteiger partial charge in [0.15, 0.2) is 0 Å². The highest BCUT2D eigenvalue weighted by molar-refractivity contribution is 5.81. The normalized spacial score (nSPS) is 13.1. The number of likely N-dealkylation sites (N-methyl/N-ethyl adjacent to an activating group) is 1. The molecule has 0 spiro atoms. The molecule has 1 unspecified atom stereocenters. The van der Waals surface area contributed by atoms with Crippen LogP contribution >= 0.6 is 0 Å². The third-order valence-corrected chi connectivity index (χ3v) is 3.01. The van der Waals surface area contributed by atoms with Gasteiger partial charge in [0.25, 0.3) is 0 Å². The summed E-state index contributed by atoms with van der Waals surface area (Å²) < 4.78 is 36.2. The van der Waals surface area contributed by atoms with E-state index in [-0.39, 0.29) is 6.54 Å². The third-order valence-electron chi connectivity index (χ3n) is 3.01. The second kappa shape index (κ2) is 7.28. The quantitative estimate of drug-likeness (QED) is 0.873. The summed E-state index contributed by atoms with van der Waals surface area (Å²) in [6.07, 6.45) is -4.23. The van der Waals surface area contributed by atoms with Crippen molar-refractivity contribution in [2.45, 2.75) is 31.5 Å². The zero-order valence-electron chi connectivity index (χ0n) is 11.4. The van der Waals surface area contributed by atoms with Crippen LogP contribution in [0.2, 0.25) is 0 Å². The van der Waals surface area contributed by atoms with Crippen LogP contribution < -0.4 is 5.73 Å². The number of nitrogens with zero attached hydrogens (tertiary/aromatic N) is 1. The minimum atomic E-state index is -4.26. The van der Waals surface area contributed by atoms with E-state index in [1.807, 2.05) is 30.3 Å². The van der Waals surface area contributed by atoms with Crippen LogP contribution in [-0.2, 0) is 11.2 Å². The summed E-state index contributed by atoms with van der Waals surface area (Å²) >= 11 is 0. The molecular weight excluding hydrogens is 269 g/mol. The summed E-state index contributed by atoms with van der Waals surface area (Å²) in [5.74, 6) is -0.454. The van der Waals surface area contributed by atoms with E-state index in [4.69, 9.17) is 5.73 Å². The van der Waals surface area contributed by atoms with Crippen LogP contribution in [0.4, 0.5) is 13.2 Å². The van der Waals surface area contributed by atoms with Crippen molar-refractivity contribution < 1.29 is 18.0 Å². The number of halogens is 3. The van der Waals surface area contributed by atoms with Gasteiger partial charge >= 0.3 is 6.18 Å². The number of nitrogens with two attached hydrogens (primary N) is 1. The SMILES string of the molecule is CN(CCC(F)(F)F)C(=O)C(N)CCc1ccccc1. The Kier molecular flexibility index (Phi) is 6.01. The van der Waals surface area contributed by atoms with Gasteiger partial charge in [-0.2, -0.15) is 13.2 Å². The smallest absolute Gasteiger partial charge is 0.344 e. The molecule has 2 N–H and O–H groups in total. The minimum absolute atomic E-state index is 0.360. The van der Waals surface area contributed by atoms with E-state index in [2.05, 4.69) is 0 Å². The molecule has 3 nitrogen and oxygen atoms in total. The van der Waals surface area contributed by atoms with Crippen LogP contribution in [0.15, 0.2) is 30.3 Å². The topological polar surface area (TPSA) is 46.3 Å². The van der Waals surface area contributed by atoms with Gasteiger partial charge in [0.1, 0.15) is 0 Å². The molecular formula is C14H19F3N2O. The molecule has 112 valence electrons. The Hall–Kier alpha value is -1.56. The fraction of sp³-hybridized carbons (Fsp3) is 0.500. The number of hydrogen-bond acceptors (Lipinski definition) is 2. The first kappa shape index (κ1) is 16.5. The highest BCUT2D eigenvalue weighted by Gasteiger charge is 2.28. The molecule has 0 aliphatic carbocycles. The molecule has 6 heteroatoms. The van der Waals surface area contributed by atoms with Crippen molar-refractivity contribution in [3.8, 4) is 0 Å². The van der Waals surface area contributed by atoms with Crippen LogP contribution in [0.1, 0.15) is 18.4 Å². The number of aryl methyl sites for hydroxylation is 1. The number of hydrogen-bond donors (Lipinski definition) is 1. The lowest BCUT2D eigenvalue weighted by molar-refractivity contribution is -0.144. The van der Waals surface area contributed by atoms with Crippen molar-refractivity contribution in [1.29, 1.82) is 0 Å². The maximum Gasteiger partial charge on any atom is 0.390 e. The number of benzene rings is 1. The third kappa shape index (κ3) is 6.06. The molecule has 0 aliphatic heterocycles. The average molecular weight is 288 g/mol. The molecule has 1 aromatic rings. The van der Waals surface area contributed by atoms with Gasteiger partial charge in [-0.25, -0.2) is 0 Å². The summed E-state index contributed by atoms with van der Waals surface area (Å²) in [6.45, 7) is -0.360. The Labute approximate surface area is 116 Å². The lowest BCUT2D eigenvalue weighted by Gasteiger charge is -2.22. The molecule has 1 atom stereocenters. The fourth-order valence-corrected chi connectivity index (χ4v) is 1.78. The highest BCUT2D eigenvalue weighted by Crippen LogP contribution is 2.19. The van der Waals surface area contributed by atoms with Crippen LogP contribution in [0.25, 0.3) is 0 Å². The molecule has 0 aliphatic rings. The zero-order valence-corrected chi connectivity index (χ0v) is 11.4. The van der Waals surface area contributed by atoms with Crippen molar-refractivity contribution in [2.24, 2.45) is 5.73 Å². The molecule has 0 heterocycles. The molecule has 0 radical (unpaired) electrons. The van der Waals surface area contributed by atoms with E-state index in [1.165, 1.54) is 7.05 Å². The molecule has 20 heavy (non-hydrogen) atoms. The number of rotatable bonds is 6. The predicted octanol–water partition coefficient (Wildman–Crippen LogP) is 2.36. The van der Waals surface area contributed by atoms with Crippen molar-refractivity contribution in [3.63, 3.8) is 0 Å². The van der Waals surface area contributed by atoms with Gasteiger partial charge in [0.05, 0.1) is 12.5 Å². The predicted molar refractivity (Wildman–Crippen MR) is 71.0 cm³/mol. The lowest BCUT2D eigenvalue weighted by atomic mass is 10.1. The Morgan fingerprint density at radius 3 is 2.45 bits per heavy atom. The fourth-order valence-electron chi connectivity index (χ4n) is 1.78. The van der Waals surface area contributed by atoms with E-state index in [1.54, 1.807) is 0 Å². The van der Waals surface area contributed by atoms with Crippen LogP contribution in [0.3, 0.4) is 0 Å². The summed E-state index contributed by atoms with van der Waals surface area (Å²) in [5.41, 5.74) is 6.78. The lowest BCUT2D eigenvalue weighted by Crippen LogP contribution is -2.43. The van der Waals surface area contributed by atoms with Crippen molar-refractivity contribution >= 4 is 5.91 Å². The van der Waals surface area contributed by atoms with Gasteiger partial charge in [0.2, 0.25) is 5.91 Å². The molecule has 1 rings (SSSR count). The van der Waals surface area contributed by atoms with Gasteiger partial charge in [-0.15, -0.1) is 0 Å². The summed E-state index contributed by atoms with van der Waals surface area (Å²) in [7, 11) is 1.34. The van der Waals surface area contributed by atoms with Crippen LogP contribution in [0, 0.1) is 0 Å². The summed E-state index contributed by atoms with van der Waals surface area (Å²) in [4.78, 5) is 12.9. The van der Waals surface area contributed by atoms with Crippen molar-refractivity contribution in [2.75, 3.05) is 13.6 Å². The maximum absolute atomic E-state index is 12.1. The standard InChI is InChI=1S/C14H19F3N2O/c1-19(10-9-14(15,16)17)13(20)12(18)8-7-11-5-3-2-4-6-11/h2-6,12H,7-10,18H2,1H3. The van der Waals surface area contributed by atoms with Gasteiger partial charge in [-0.05, 0) is 18.4 Å². The first-order valence-electron chi connectivity index (χ1n) is 6.41. The Morgan fingerprint density at radius 2 is 1.90 bits per heavy atom. The number of carbonyl (C=O) groups is 1. The number of alkyl halides is 3. The van der Waals surface area contributed by atoms with Crippen LogP contribution in [0.5, 0.6) is 0 Å². The Balaban J connectivity index is 2.38. The second-order valence-corrected chi connectivity index (χ2v) is 4.76. The van der Waals surface area contributed by atoms with Crippen LogP contribution in [-0.4, -0.2) is 36.6 Å². The van der Waals surface area contributed by atoms with E-state index in [0.717, 1.165) is 10.5 Å². The molecule has 0 bridgehead atoms. The van der Waals surface area contributed by atoms with E-state index < -0.39 is 24.5 Å². The maximum atomic E-state index is 12.1. The first-order valence-corrected chi connectivity index (χ1v) is 6.41. The molecule has 1 amide bonds. The summed E-state index contributed by atoms with van der Waals surface area (Å²) in [5, 5.41) is 0. The van der Waals surface area contributed by atoms with Gasteiger partial charge in [0, 0.05) is 13.6 Å². The Bertz CT molecular complexity index is 420. The average Bonchev–Trinajstić information content (AvgIpc) is 2.41. The van der Waals surface area contributed by atoms with Crippen molar-refractivity contribution in [1.82, 2.24) is 4.90 Å². The number of amides is 1. The Morgan fingerprint density at radius 1 is 1.30 bits per heavy atom. The first-order chi connectivity index (χ1) is 9.29. The molecule has 0 aromatic heterocycles. The van der Waals surface area contributed by atoms with E-state index in [0.29, 0.717) is 12.8 Å². The molecule has 0 fully saturated rings. The van der Waals surface area contributed by atoms with Crippen molar-refractivity contribution in [3.05, 3.63) is 35.9 Å². The van der Waals surface area contributed by atoms with Gasteiger partial charge < -0.3 is 10.6 Å². The van der Waals surface area contributed by atoms with Gasteiger partial charge in [-0.1, -0.05) is 30.3 Å². The largest absolute Gasteiger partial charge is 0.390 e. The number of carbonyl (C=O) groups excluding carboxylic acids is 1. The molecule has 0 saturated carbocycles. The molecule has 1 aromatic carbocycles. The zero-order chi connectivity index (χ0) is 15.2. The van der Waals surface area contributed by atoms with E-state index >= 15 is 0 Å². The highest BCUT2D eigenvalue weighted by atomic mass is 19.4. The minimum Gasteiger partial charge on any atom is -0.344 e. The summed E-state index contributed by atoms with van der Waals surface area (Å²) in [6, 6.07) is 8.73. The van der Waals surface area contributed by atoms with E-state index in [9.17, 15) is 18.0 Å². The second-order valence-electron chi connectivity index (χ2n) is 4.76. The monoisotopic (exact) mass is 288 g/mol. The molecule has 0 saturated heterocycles.